The zero-order valence-electron chi connectivity index (χ0n) is 11.6. The van der Waals surface area contributed by atoms with Crippen LogP contribution in [0.2, 0.25) is 5.02 Å². The average Bonchev–Trinajstić information content (AvgIpc) is 2.41. The van der Waals surface area contributed by atoms with Gasteiger partial charge in [0.1, 0.15) is 0 Å². The van der Waals surface area contributed by atoms with Crippen LogP contribution < -0.4 is 5.32 Å². The molecule has 0 aliphatic rings. The van der Waals surface area contributed by atoms with E-state index in [0.717, 1.165) is 11.6 Å². The fraction of sp³-hybridized carbons (Fsp3) is 0.250. The summed E-state index contributed by atoms with van der Waals surface area (Å²) in [6, 6.07) is 10.3. The summed E-state index contributed by atoms with van der Waals surface area (Å²) in [5.41, 5.74) is 1.10. The Morgan fingerprint density at radius 1 is 1.05 bits per heavy atom. The van der Waals surface area contributed by atoms with Gasteiger partial charge in [-0.3, -0.25) is 0 Å². The van der Waals surface area contributed by atoms with Crippen molar-refractivity contribution >= 4 is 11.6 Å². The maximum absolute atomic E-state index is 13.2. The first-order chi connectivity index (χ1) is 9.84. The van der Waals surface area contributed by atoms with Gasteiger partial charge in [0.05, 0.1) is 11.6 Å². The fourth-order valence-corrected chi connectivity index (χ4v) is 2.70. The summed E-state index contributed by atoms with van der Waals surface area (Å²) in [6.07, 6.45) is -4.40. The molecule has 2 rings (SSSR count). The highest BCUT2D eigenvalue weighted by Gasteiger charge is 2.35. The molecule has 0 aliphatic heterocycles. The zero-order chi connectivity index (χ0) is 15.6. The number of benzene rings is 2. The van der Waals surface area contributed by atoms with Crippen LogP contribution in [0.25, 0.3) is 0 Å². The Kier molecular flexibility index (Phi) is 4.59. The predicted octanol–water partition coefficient (Wildman–Crippen LogP) is 4.98. The molecule has 0 saturated carbocycles. The first-order valence-corrected chi connectivity index (χ1v) is 6.82. The Morgan fingerprint density at radius 2 is 1.71 bits per heavy atom. The van der Waals surface area contributed by atoms with Crippen LogP contribution in [0.4, 0.5) is 13.2 Å². The molecule has 1 N–H and O–H groups in total. The van der Waals surface area contributed by atoms with Crippen LogP contribution in [0.3, 0.4) is 0 Å². The highest BCUT2D eigenvalue weighted by Crippen LogP contribution is 2.38. The van der Waals surface area contributed by atoms with Crippen molar-refractivity contribution in [1.29, 1.82) is 0 Å². The van der Waals surface area contributed by atoms with E-state index < -0.39 is 17.8 Å². The van der Waals surface area contributed by atoms with Crippen molar-refractivity contribution in [2.75, 3.05) is 7.05 Å². The summed E-state index contributed by atoms with van der Waals surface area (Å²) in [5, 5.41) is 3.37. The maximum atomic E-state index is 13.2. The molecule has 1 atom stereocenters. The number of hydrogen-bond donors (Lipinski definition) is 1. The first-order valence-electron chi connectivity index (χ1n) is 6.44. The summed E-state index contributed by atoms with van der Waals surface area (Å²) in [7, 11) is 1.62. The number of hydrogen-bond acceptors (Lipinski definition) is 1. The van der Waals surface area contributed by atoms with E-state index in [1.165, 1.54) is 12.1 Å². The monoisotopic (exact) mass is 313 g/mol. The zero-order valence-corrected chi connectivity index (χ0v) is 12.4. The van der Waals surface area contributed by atoms with Gasteiger partial charge in [-0.1, -0.05) is 41.9 Å². The van der Waals surface area contributed by atoms with Crippen LogP contribution in [0.1, 0.15) is 28.3 Å². The Morgan fingerprint density at radius 3 is 2.29 bits per heavy atom. The lowest BCUT2D eigenvalue weighted by Gasteiger charge is -2.22. The third-order valence-corrected chi connectivity index (χ3v) is 3.66. The second kappa shape index (κ2) is 6.08. The van der Waals surface area contributed by atoms with Gasteiger partial charge in [-0.05, 0) is 42.8 Å². The Labute approximate surface area is 126 Å². The molecule has 0 heterocycles. The molecule has 0 amide bonds. The lowest BCUT2D eigenvalue weighted by atomic mass is 9.93. The lowest BCUT2D eigenvalue weighted by molar-refractivity contribution is -0.138. The third-order valence-electron chi connectivity index (χ3n) is 3.33. The first kappa shape index (κ1) is 15.9. The quantitative estimate of drug-likeness (QED) is 0.843. The molecule has 1 nitrogen and oxygen atoms in total. The largest absolute Gasteiger partial charge is 0.416 e. The second-order valence-corrected chi connectivity index (χ2v) is 5.24. The standard InChI is InChI=1S/C16H15ClF3N/c1-10-7-8-12(14(17)9-10)15(21-2)11-5-3-4-6-13(11)16(18,19)20/h3-9,15,21H,1-2H3. The minimum atomic E-state index is -4.40. The van der Waals surface area contributed by atoms with E-state index in [-0.39, 0.29) is 5.56 Å². The Hall–Kier alpha value is -1.52. The molecule has 0 bridgehead atoms. The van der Waals surface area contributed by atoms with E-state index in [4.69, 9.17) is 11.6 Å². The van der Waals surface area contributed by atoms with E-state index in [0.29, 0.717) is 10.6 Å². The lowest BCUT2D eigenvalue weighted by Crippen LogP contribution is -2.22. The second-order valence-electron chi connectivity index (χ2n) is 4.83. The van der Waals surface area contributed by atoms with Crippen LogP contribution in [0, 0.1) is 6.92 Å². The molecule has 21 heavy (non-hydrogen) atoms. The molecule has 112 valence electrons. The third kappa shape index (κ3) is 3.39. The van der Waals surface area contributed by atoms with Crippen LogP contribution in [-0.2, 0) is 6.18 Å². The van der Waals surface area contributed by atoms with Crippen LogP contribution in [-0.4, -0.2) is 7.05 Å². The van der Waals surface area contributed by atoms with Gasteiger partial charge < -0.3 is 5.32 Å². The summed E-state index contributed by atoms with van der Waals surface area (Å²) in [6.45, 7) is 1.88. The predicted molar refractivity (Wildman–Crippen MR) is 78.5 cm³/mol. The molecule has 0 aromatic heterocycles. The fourth-order valence-electron chi connectivity index (χ4n) is 2.35. The van der Waals surface area contributed by atoms with Gasteiger partial charge in [-0.25, -0.2) is 0 Å². The molecule has 0 radical (unpaired) electrons. The van der Waals surface area contributed by atoms with Crippen molar-refractivity contribution in [1.82, 2.24) is 5.32 Å². The summed E-state index contributed by atoms with van der Waals surface area (Å²) < 4.78 is 39.5. The van der Waals surface area contributed by atoms with Gasteiger partial charge in [-0.2, -0.15) is 13.2 Å². The molecule has 0 aliphatic carbocycles. The summed E-state index contributed by atoms with van der Waals surface area (Å²) >= 11 is 6.20. The number of alkyl halides is 3. The van der Waals surface area contributed by atoms with Crippen molar-refractivity contribution in [2.24, 2.45) is 0 Å². The van der Waals surface area contributed by atoms with Crippen LogP contribution in [0.15, 0.2) is 42.5 Å². The van der Waals surface area contributed by atoms with Crippen molar-refractivity contribution in [3.8, 4) is 0 Å². The van der Waals surface area contributed by atoms with E-state index in [9.17, 15) is 13.2 Å². The van der Waals surface area contributed by atoms with Crippen LogP contribution in [0.5, 0.6) is 0 Å². The minimum absolute atomic E-state index is 0.165. The highest BCUT2D eigenvalue weighted by molar-refractivity contribution is 6.31. The van der Waals surface area contributed by atoms with Gasteiger partial charge in [-0.15, -0.1) is 0 Å². The Balaban J connectivity index is 2.57. The van der Waals surface area contributed by atoms with Crippen molar-refractivity contribution < 1.29 is 13.2 Å². The van der Waals surface area contributed by atoms with Crippen molar-refractivity contribution in [2.45, 2.75) is 19.1 Å². The number of aryl methyl sites for hydroxylation is 1. The molecular weight excluding hydrogens is 299 g/mol. The van der Waals surface area contributed by atoms with Gasteiger partial charge in [0.25, 0.3) is 0 Å². The Bertz CT molecular complexity index is 638. The molecule has 2 aromatic rings. The smallest absolute Gasteiger partial charge is 0.309 e. The van der Waals surface area contributed by atoms with Crippen molar-refractivity contribution in [3.63, 3.8) is 0 Å². The van der Waals surface area contributed by atoms with Crippen molar-refractivity contribution in [3.05, 3.63) is 69.7 Å². The summed E-state index contributed by atoms with van der Waals surface area (Å²) in [4.78, 5) is 0. The number of halogens is 4. The van der Waals surface area contributed by atoms with Gasteiger partial charge >= 0.3 is 6.18 Å². The topological polar surface area (TPSA) is 12.0 Å². The molecular formula is C16H15ClF3N. The maximum Gasteiger partial charge on any atom is 0.416 e. The SMILES string of the molecule is CNC(c1ccc(C)cc1Cl)c1ccccc1C(F)(F)F. The van der Waals surface area contributed by atoms with E-state index >= 15 is 0 Å². The average molecular weight is 314 g/mol. The van der Waals surface area contributed by atoms with Gasteiger partial charge in [0.15, 0.2) is 0 Å². The molecule has 5 heteroatoms. The number of nitrogens with one attached hydrogen (secondary N) is 1. The summed E-state index contributed by atoms with van der Waals surface area (Å²) in [5.74, 6) is 0. The minimum Gasteiger partial charge on any atom is -0.309 e. The van der Waals surface area contributed by atoms with E-state index in [1.54, 1.807) is 25.2 Å². The molecule has 2 aromatic carbocycles. The molecule has 0 spiro atoms. The van der Waals surface area contributed by atoms with E-state index in [1.807, 2.05) is 13.0 Å². The highest BCUT2D eigenvalue weighted by atomic mass is 35.5. The number of rotatable bonds is 3. The van der Waals surface area contributed by atoms with Crippen LogP contribution >= 0.6 is 11.6 Å². The van der Waals surface area contributed by atoms with Gasteiger partial charge in [0.2, 0.25) is 0 Å². The molecule has 0 fully saturated rings. The molecule has 0 saturated heterocycles. The van der Waals surface area contributed by atoms with Gasteiger partial charge in [0, 0.05) is 5.02 Å². The molecule has 1 unspecified atom stereocenters. The van der Waals surface area contributed by atoms with E-state index in [2.05, 4.69) is 5.32 Å². The normalized spacial score (nSPS) is 13.2.